The number of anilines is 1. The fourth-order valence-electron chi connectivity index (χ4n) is 1.91. The van der Waals surface area contributed by atoms with Crippen LogP contribution in [0, 0.1) is 12.8 Å². The number of aryl methyl sites for hydroxylation is 1. The van der Waals surface area contributed by atoms with E-state index in [-0.39, 0.29) is 5.92 Å². The zero-order valence-corrected chi connectivity index (χ0v) is 10.1. The number of nitrogens with one attached hydrogen (secondary N) is 1. The van der Waals surface area contributed by atoms with Crippen molar-refractivity contribution in [1.82, 2.24) is 4.98 Å². The molecule has 16 heavy (non-hydrogen) atoms. The van der Waals surface area contributed by atoms with Crippen molar-refractivity contribution in [3.63, 3.8) is 0 Å². The first kappa shape index (κ1) is 11.4. The third-order valence-electron chi connectivity index (χ3n) is 2.81. The SMILES string of the molecule is Cc1ccnc(NCC2CCS(=O)(=O)C2)c1. The Kier molecular flexibility index (Phi) is 3.14. The molecule has 1 saturated heterocycles. The van der Waals surface area contributed by atoms with Gasteiger partial charge < -0.3 is 5.32 Å². The van der Waals surface area contributed by atoms with E-state index in [0.717, 1.165) is 17.8 Å². The first-order valence-corrected chi connectivity index (χ1v) is 7.24. The number of pyridine rings is 1. The van der Waals surface area contributed by atoms with Crippen molar-refractivity contribution >= 4 is 15.7 Å². The van der Waals surface area contributed by atoms with Gasteiger partial charge in [-0.1, -0.05) is 0 Å². The first-order chi connectivity index (χ1) is 7.55. The first-order valence-electron chi connectivity index (χ1n) is 5.42. The Balaban J connectivity index is 1.89. The van der Waals surface area contributed by atoms with Crippen LogP contribution in [0.2, 0.25) is 0 Å². The molecule has 1 unspecified atom stereocenters. The highest BCUT2D eigenvalue weighted by atomic mass is 32.2. The van der Waals surface area contributed by atoms with Gasteiger partial charge >= 0.3 is 0 Å². The summed E-state index contributed by atoms with van der Waals surface area (Å²) in [6, 6.07) is 3.90. The van der Waals surface area contributed by atoms with Crippen LogP contribution in [0.4, 0.5) is 5.82 Å². The van der Waals surface area contributed by atoms with Gasteiger partial charge in [-0.3, -0.25) is 0 Å². The Morgan fingerprint density at radius 1 is 1.56 bits per heavy atom. The normalized spacial score (nSPS) is 23.2. The minimum Gasteiger partial charge on any atom is -0.370 e. The van der Waals surface area contributed by atoms with Crippen molar-refractivity contribution in [3.05, 3.63) is 23.9 Å². The average molecular weight is 240 g/mol. The van der Waals surface area contributed by atoms with Crippen molar-refractivity contribution in [2.75, 3.05) is 23.4 Å². The molecule has 1 aliphatic rings. The van der Waals surface area contributed by atoms with E-state index in [9.17, 15) is 8.42 Å². The van der Waals surface area contributed by atoms with Gasteiger partial charge in [0.2, 0.25) is 0 Å². The maximum absolute atomic E-state index is 11.3. The summed E-state index contributed by atoms with van der Waals surface area (Å²) in [5, 5.41) is 3.19. The summed E-state index contributed by atoms with van der Waals surface area (Å²) < 4.78 is 22.5. The second-order valence-corrected chi connectivity index (χ2v) is 6.60. The molecule has 0 bridgehead atoms. The van der Waals surface area contributed by atoms with Gasteiger partial charge in [0.15, 0.2) is 9.84 Å². The van der Waals surface area contributed by atoms with Gasteiger partial charge in [-0.05, 0) is 37.0 Å². The van der Waals surface area contributed by atoms with E-state index < -0.39 is 9.84 Å². The highest BCUT2D eigenvalue weighted by Gasteiger charge is 2.27. The molecule has 1 atom stereocenters. The zero-order valence-electron chi connectivity index (χ0n) is 9.31. The van der Waals surface area contributed by atoms with Gasteiger partial charge in [-0.25, -0.2) is 13.4 Å². The van der Waals surface area contributed by atoms with E-state index in [1.807, 2.05) is 19.1 Å². The number of hydrogen-bond acceptors (Lipinski definition) is 4. The number of hydrogen-bond donors (Lipinski definition) is 1. The fourth-order valence-corrected chi connectivity index (χ4v) is 3.78. The largest absolute Gasteiger partial charge is 0.370 e. The molecule has 1 N–H and O–H groups in total. The quantitative estimate of drug-likeness (QED) is 0.863. The summed E-state index contributed by atoms with van der Waals surface area (Å²) in [6.07, 6.45) is 2.52. The highest BCUT2D eigenvalue weighted by molar-refractivity contribution is 7.91. The predicted octanol–water partition coefficient (Wildman–Crippen LogP) is 1.24. The second-order valence-electron chi connectivity index (χ2n) is 4.37. The lowest BCUT2D eigenvalue weighted by atomic mass is 10.1. The van der Waals surface area contributed by atoms with Crippen molar-refractivity contribution in [2.45, 2.75) is 13.3 Å². The Labute approximate surface area is 96.0 Å². The molecule has 4 nitrogen and oxygen atoms in total. The lowest BCUT2D eigenvalue weighted by Crippen LogP contribution is -2.16. The van der Waals surface area contributed by atoms with Gasteiger partial charge in [-0.2, -0.15) is 0 Å². The molecule has 2 heterocycles. The molecule has 88 valence electrons. The molecule has 0 aliphatic carbocycles. The van der Waals surface area contributed by atoms with Crippen LogP contribution in [-0.2, 0) is 9.84 Å². The summed E-state index contributed by atoms with van der Waals surface area (Å²) in [4.78, 5) is 4.18. The van der Waals surface area contributed by atoms with Crippen LogP contribution in [-0.4, -0.2) is 31.5 Å². The molecule has 1 aromatic rings. The van der Waals surface area contributed by atoms with E-state index in [1.165, 1.54) is 0 Å². The highest BCUT2D eigenvalue weighted by Crippen LogP contribution is 2.18. The molecule has 1 aromatic heterocycles. The maximum atomic E-state index is 11.3. The lowest BCUT2D eigenvalue weighted by Gasteiger charge is -2.10. The summed E-state index contributed by atoms with van der Waals surface area (Å²) in [5.74, 6) is 1.70. The molecule has 0 amide bonds. The van der Waals surface area contributed by atoms with E-state index >= 15 is 0 Å². The molecule has 1 aliphatic heterocycles. The smallest absolute Gasteiger partial charge is 0.150 e. The van der Waals surface area contributed by atoms with Crippen molar-refractivity contribution < 1.29 is 8.42 Å². The molecule has 0 aromatic carbocycles. The Morgan fingerprint density at radius 2 is 2.38 bits per heavy atom. The van der Waals surface area contributed by atoms with Gasteiger partial charge in [0.1, 0.15) is 5.82 Å². The van der Waals surface area contributed by atoms with Gasteiger partial charge in [0.25, 0.3) is 0 Å². The minimum atomic E-state index is -2.77. The molecule has 0 radical (unpaired) electrons. The number of nitrogens with zero attached hydrogens (tertiary/aromatic N) is 1. The number of rotatable bonds is 3. The number of aromatic nitrogens is 1. The standard InChI is InChI=1S/C11H16N2O2S/c1-9-2-4-12-11(6-9)13-7-10-3-5-16(14,15)8-10/h2,4,6,10H,3,5,7-8H2,1H3,(H,12,13). The minimum absolute atomic E-state index is 0.229. The average Bonchev–Trinajstić information content (AvgIpc) is 2.56. The Morgan fingerprint density at radius 3 is 3.00 bits per heavy atom. The molecular weight excluding hydrogens is 224 g/mol. The van der Waals surface area contributed by atoms with Crippen LogP contribution >= 0.6 is 0 Å². The molecule has 0 spiro atoms. The van der Waals surface area contributed by atoms with E-state index in [1.54, 1.807) is 6.20 Å². The third-order valence-corrected chi connectivity index (χ3v) is 4.65. The van der Waals surface area contributed by atoms with E-state index in [4.69, 9.17) is 0 Å². The Hall–Kier alpha value is -1.10. The Bertz CT molecular complexity index is 471. The summed E-state index contributed by atoms with van der Waals surface area (Å²) >= 11 is 0. The van der Waals surface area contributed by atoms with Crippen LogP contribution in [0.25, 0.3) is 0 Å². The van der Waals surface area contributed by atoms with Crippen molar-refractivity contribution in [3.8, 4) is 0 Å². The molecule has 1 fully saturated rings. The van der Waals surface area contributed by atoms with Gasteiger partial charge in [-0.15, -0.1) is 0 Å². The van der Waals surface area contributed by atoms with Crippen LogP contribution < -0.4 is 5.32 Å². The molecule has 2 rings (SSSR count). The summed E-state index contributed by atoms with van der Waals surface area (Å²) in [5.41, 5.74) is 1.15. The van der Waals surface area contributed by atoms with Crippen molar-refractivity contribution in [2.24, 2.45) is 5.92 Å². The third kappa shape index (κ3) is 2.95. The maximum Gasteiger partial charge on any atom is 0.150 e. The monoisotopic (exact) mass is 240 g/mol. The van der Waals surface area contributed by atoms with Crippen LogP contribution in [0.3, 0.4) is 0 Å². The van der Waals surface area contributed by atoms with Crippen LogP contribution in [0.5, 0.6) is 0 Å². The lowest BCUT2D eigenvalue weighted by molar-refractivity contribution is 0.595. The van der Waals surface area contributed by atoms with Gasteiger partial charge in [0, 0.05) is 12.7 Å². The summed E-state index contributed by atoms with van der Waals surface area (Å²) in [7, 11) is -2.77. The molecule has 5 heteroatoms. The van der Waals surface area contributed by atoms with Crippen molar-refractivity contribution in [1.29, 1.82) is 0 Å². The van der Waals surface area contributed by atoms with E-state index in [2.05, 4.69) is 10.3 Å². The van der Waals surface area contributed by atoms with Crippen LogP contribution in [0.15, 0.2) is 18.3 Å². The zero-order chi connectivity index (χ0) is 11.6. The summed E-state index contributed by atoms with van der Waals surface area (Å²) in [6.45, 7) is 2.70. The second kappa shape index (κ2) is 4.41. The fraction of sp³-hybridized carbons (Fsp3) is 0.545. The molecule has 0 saturated carbocycles. The predicted molar refractivity (Wildman–Crippen MR) is 64.2 cm³/mol. The van der Waals surface area contributed by atoms with Crippen LogP contribution in [0.1, 0.15) is 12.0 Å². The van der Waals surface area contributed by atoms with Gasteiger partial charge in [0.05, 0.1) is 11.5 Å². The molecular formula is C11H16N2O2S. The number of sulfone groups is 1. The topological polar surface area (TPSA) is 59.1 Å². The van der Waals surface area contributed by atoms with E-state index in [0.29, 0.717) is 18.1 Å².